The number of nitrogens with one attached hydrogen (secondary N) is 2. The van der Waals surface area contributed by atoms with Gasteiger partial charge in [-0.25, -0.2) is 0 Å². The number of amides is 3. The van der Waals surface area contributed by atoms with Gasteiger partial charge in [0, 0.05) is 26.1 Å². The van der Waals surface area contributed by atoms with Crippen LogP contribution >= 0.6 is 11.3 Å². The Morgan fingerprint density at radius 3 is 3.00 bits per heavy atom. The molecule has 0 aliphatic carbocycles. The number of hydrogen-bond acceptors (Lipinski definition) is 4. The van der Waals surface area contributed by atoms with E-state index < -0.39 is 0 Å². The molecule has 1 aliphatic rings. The Balaban J connectivity index is 1.81. The summed E-state index contributed by atoms with van der Waals surface area (Å²) < 4.78 is 0. The molecule has 1 atom stereocenters. The molecule has 2 N–H and O–H groups in total. The van der Waals surface area contributed by atoms with Gasteiger partial charge in [0.25, 0.3) is 5.91 Å². The Hall–Kier alpha value is -1.89. The van der Waals surface area contributed by atoms with Gasteiger partial charge in [-0.15, -0.1) is 11.3 Å². The maximum absolute atomic E-state index is 12.2. The fraction of sp³-hybridized carbons (Fsp3) is 0.500. The van der Waals surface area contributed by atoms with Crippen molar-refractivity contribution in [2.75, 3.05) is 19.6 Å². The van der Waals surface area contributed by atoms with Crippen LogP contribution in [0.25, 0.3) is 0 Å². The summed E-state index contributed by atoms with van der Waals surface area (Å²) in [7, 11) is 0. The molecule has 2 heterocycles. The summed E-state index contributed by atoms with van der Waals surface area (Å²) in [6, 6.07) is 3.16. The van der Waals surface area contributed by atoms with E-state index in [0.29, 0.717) is 24.4 Å². The molecule has 114 valence electrons. The van der Waals surface area contributed by atoms with E-state index in [-0.39, 0.29) is 36.7 Å². The summed E-state index contributed by atoms with van der Waals surface area (Å²) in [5.41, 5.74) is 0. The lowest BCUT2D eigenvalue weighted by molar-refractivity contribution is -0.143. The zero-order chi connectivity index (χ0) is 15.2. The van der Waals surface area contributed by atoms with Crippen molar-refractivity contribution in [3.05, 3.63) is 22.4 Å². The van der Waals surface area contributed by atoms with Gasteiger partial charge in [-0.1, -0.05) is 13.0 Å². The first-order valence-corrected chi connectivity index (χ1v) is 7.90. The average molecular weight is 309 g/mol. The number of thiophene rings is 1. The molecule has 0 bridgehead atoms. The molecule has 1 aromatic rings. The Bertz CT molecular complexity index is 516. The smallest absolute Gasteiger partial charge is 0.261 e. The number of nitrogens with zero attached hydrogens (tertiary/aromatic N) is 1. The summed E-state index contributed by atoms with van der Waals surface area (Å²) in [6.07, 6.45) is 0.806. The van der Waals surface area contributed by atoms with Crippen molar-refractivity contribution in [1.29, 1.82) is 0 Å². The first-order chi connectivity index (χ1) is 10.1. The zero-order valence-corrected chi connectivity index (χ0v) is 12.7. The van der Waals surface area contributed by atoms with Crippen LogP contribution in [0.5, 0.6) is 0 Å². The fourth-order valence-corrected chi connectivity index (χ4v) is 2.98. The summed E-state index contributed by atoms with van der Waals surface area (Å²) in [5.74, 6) is -0.357. The molecular weight excluding hydrogens is 290 g/mol. The predicted octanol–water partition coefficient (Wildman–Crippen LogP) is 0.605. The highest BCUT2D eigenvalue weighted by Crippen LogP contribution is 2.10. The van der Waals surface area contributed by atoms with Gasteiger partial charge in [0.15, 0.2) is 0 Å². The molecular formula is C14H19N3O3S. The number of carbonyl (C=O) groups excluding carboxylic acids is 3. The summed E-state index contributed by atoms with van der Waals surface area (Å²) in [4.78, 5) is 37.9. The van der Waals surface area contributed by atoms with E-state index in [2.05, 4.69) is 10.6 Å². The van der Waals surface area contributed by atoms with Gasteiger partial charge >= 0.3 is 0 Å². The topological polar surface area (TPSA) is 78.5 Å². The molecule has 0 aromatic carbocycles. The van der Waals surface area contributed by atoms with Crippen LogP contribution in [0, 0.1) is 0 Å². The molecule has 21 heavy (non-hydrogen) atoms. The van der Waals surface area contributed by atoms with Crippen LogP contribution in [0.1, 0.15) is 29.4 Å². The Morgan fingerprint density at radius 2 is 2.33 bits per heavy atom. The summed E-state index contributed by atoms with van der Waals surface area (Å²) in [5, 5.41) is 7.31. The minimum absolute atomic E-state index is 0.0943. The molecule has 1 unspecified atom stereocenters. The first kappa shape index (κ1) is 15.5. The second-order valence-corrected chi connectivity index (χ2v) is 5.73. The van der Waals surface area contributed by atoms with Crippen LogP contribution in [0.15, 0.2) is 17.5 Å². The first-order valence-electron chi connectivity index (χ1n) is 7.02. The predicted molar refractivity (Wildman–Crippen MR) is 80.1 cm³/mol. The van der Waals surface area contributed by atoms with Gasteiger partial charge < -0.3 is 15.5 Å². The average Bonchev–Trinajstić information content (AvgIpc) is 3.01. The van der Waals surface area contributed by atoms with Crippen molar-refractivity contribution in [3.63, 3.8) is 0 Å². The van der Waals surface area contributed by atoms with E-state index in [1.165, 1.54) is 11.3 Å². The molecule has 1 aliphatic heterocycles. The lowest BCUT2D eigenvalue weighted by Crippen LogP contribution is -2.57. The zero-order valence-electron chi connectivity index (χ0n) is 11.9. The second-order valence-electron chi connectivity index (χ2n) is 4.79. The molecule has 0 saturated carbocycles. The minimum atomic E-state index is -0.390. The summed E-state index contributed by atoms with van der Waals surface area (Å²) >= 11 is 1.36. The van der Waals surface area contributed by atoms with Gasteiger partial charge in [-0.3, -0.25) is 14.4 Å². The molecule has 1 saturated heterocycles. The van der Waals surface area contributed by atoms with Crippen LogP contribution in [0.3, 0.4) is 0 Å². The monoisotopic (exact) mass is 309 g/mol. The van der Waals surface area contributed by atoms with Crippen molar-refractivity contribution in [3.8, 4) is 0 Å². The lowest BCUT2D eigenvalue weighted by Gasteiger charge is -2.34. The number of carbonyl (C=O) groups is 3. The van der Waals surface area contributed by atoms with Crippen LogP contribution in [-0.4, -0.2) is 48.3 Å². The molecule has 1 fully saturated rings. The van der Waals surface area contributed by atoms with Crippen molar-refractivity contribution in [1.82, 2.24) is 15.5 Å². The molecule has 2 rings (SSSR count). The van der Waals surface area contributed by atoms with E-state index in [9.17, 15) is 14.4 Å². The number of rotatable bonds is 5. The highest BCUT2D eigenvalue weighted by molar-refractivity contribution is 7.12. The van der Waals surface area contributed by atoms with Crippen LogP contribution in [0.2, 0.25) is 0 Å². The van der Waals surface area contributed by atoms with Crippen molar-refractivity contribution in [2.45, 2.75) is 25.8 Å². The minimum Gasteiger partial charge on any atom is -0.353 e. The highest BCUT2D eigenvalue weighted by atomic mass is 32.1. The molecule has 7 heteroatoms. The maximum Gasteiger partial charge on any atom is 0.261 e. The van der Waals surface area contributed by atoms with Gasteiger partial charge in [-0.05, 0) is 17.9 Å². The maximum atomic E-state index is 12.2. The van der Waals surface area contributed by atoms with Crippen molar-refractivity contribution < 1.29 is 14.4 Å². The third-order valence-corrected chi connectivity index (χ3v) is 4.28. The Morgan fingerprint density at radius 1 is 1.52 bits per heavy atom. The standard InChI is InChI=1S/C14H19N3O3S/c1-2-10-13(19)16-7-8-17(10)12(18)5-6-15-14(20)11-4-3-9-21-11/h3-4,9-10H,2,5-8H2,1H3,(H,15,20)(H,16,19). The van der Waals surface area contributed by atoms with Gasteiger partial charge in [0.2, 0.25) is 11.8 Å². The number of piperazine rings is 1. The molecule has 3 amide bonds. The fourth-order valence-electron chi connectivity index (χ4n) is 2.34. The van der Waals surface area contributed by atoms with Crippen LogP contribution in [0.4, 0.5) is 0 Å². The quantitative estimate of drug-likeness (QED) is 0.836. The Kier molecular flexibility index (Phi) is 5.32. The van der Waals surface area contributed by atoms with Gasteiger partial charge in [-0.2, -0.15) is 0 Å². The van der Waals surface area contributed by atoms with E-state index in [0.717, 1.165) is 0 Å². The van der Waals surface area contributed by atoms with Crippen LogP contribution in [-0.2, 0) is 9.59 Å². The third kappa shape index (κ3) is 3.81. The Labute approximate surface area is 127 Å². The highest BCUT2D eigenvalue weighted by Gasteiger charge is 2.31. The number of hydrogen-bond donors (Lipinski definition) is 2. The normalized spacial score (nSPS) is 18.2. The van der Waals surface area contributed by atoms with Crippen molar-refractivity contribution >= 4 is 29.1 Å². The van der Waals surface area contributed by atoms with Crippen molar-refractivity contribution in [2.24, 2.45) is 0 Å². The largest absolute Gasteiger partial charge is 0.353 e. The van der Waals surface area contributed by atoms with Crippen LogP contribution < -0.4 is 10.6 Å². The molecule has 6 nitrogen and oxygen atoms in total. The van der Waals surface area contributed by atoms with E-state index in [4.69, 9.17) is 0 Å². The van der Waals surface area contributed by atoms with E-state index in [1.807, 2.05) is 18.4 Å². The SMILES string of the molecule is CCC1C(=O)NCCN1C(=O)CCNC(=O)c1cccs1. The van der Waals surface area contributed by atoms with E-state index in [1.54, 1.807) is 11.0 Å². The van der Waals surface area contributed by atoms with Gasteiger partial charge in [0.1, 0.15) is 6.04 Å². The molecule has 0 spiro atoms. The second kappa shape index (κ2) is 7.21. The lowest BCUT2D eigenvalue weighted by atomic mass is 10.1. The third-order valence-electron chi connectivity index (χ3n) is 3.41. The summed E-state index contributed by atoms with van der Waals surface area (Å²) in [6.45, 7) is 3.18. The molecule has 1 aromatic heterocycles. The van der Waals surface area contributed by atoms with E-state index >= 15 is 0 Å². The molecule has 0 radical (unpaired) electrons. The van der Waals surface area contributed by atoms with Gasteiger partial charge in [0.05, 0.1) is 4.88 Å².